The lowest BCUT2D eigenvalue weighted by Gasteiger charge is -2.46. The molecule has 4 nitrogen and oxygen atoms in total. The standard InChI is InChI=1S/C10H19NO.C8H10O2/c1-9-5-3-4-6-10(9,12)11(2)8-7-9;1-9-7-5-3-4-6-8(7)10-2/h12H,3-8H2,1-2H3;3-6H,1-2H3/t9-,10+;/m0./s1. The number of fused-ring (bicyclic) bond motifs is 1. The molecule has 4 heteroatoms. The number of benzene rings is 1. The van der Waals surface area contributed by atoms with E-state index < -0.39 is 5.72 Å². The fourth-order valence-electron chi connectivity index (χ4n) is 3.75. The van der Waals surface area contributed by atoms with E-state index >= 15 is 0 Å². The monoisotopic (exact) mass is 307 g/mol. The van der Waals surface area contributed by atoms with Crippen LogP contribution in [0.3, 0.4) is 0 Å². The van der Waals surface area contributed by atoms with Crippen molar-refractivity contribution in [3.05, 3.63) is 24.3 Å². The minimum atomic E-state index is -0.481. The van der Waals surface area contributed by atoms with Gasteiger partial charge in [-0.05, 0) is 44.9 Å². The third-order valence-electron chi connectivity index (χ3n) is 5.39. The van der Waals surface area contributed by atoms with Crippen molar-refractivity contribution in [2.24, 2.45) is 5.41 Å². The second-order valence-electron chi connectivity index (χ2n) is 6.61. The quantitative estimate of drug-likeness (QED) is 0.910. The number of ether oxygens (including phenoxy) is 2. The highest BCUT2D eigenvalue weighted by atomic mass is 16.5. The average Bonchev–Trinajstić information content (AvgIpc) is 2.79. The Morgan fingerprint density at radius 1 is 1.00 bits per heavy atom. The van der Waals surface area contributed by atoms with E-state index in [1.54, 1.807) is 14.2 Å². The van der Waals surface area contributed by atoms with Gasteiger partial charge in [0.15, 0.2) is 11.5 Å². The first kappa shape index (κ1) is 17.1. The van der Waals surface area contributed by atoms with Gasteiger partial charge < -0.3 is 14.6 Å². The number of para-hydroxylation sites is 2. The SMILES string of the molecule is CN1CC[C@]2(C)CCCC[C@]12O.COc1ccccc1OC. The summed E-state index contributed by atoms with van der Waals surface area (Å²) in [6, 6.07) is 7.53. The second kappa shape index (κ2) is 6.88. The first-order valence-electron chi connectivity index (χ1n) is 8.07. The molecule has 2 aliphatic rings. The molecule has 1 saturated heterocycles. The molecule has 1 aliphatic carbocycles. The molecule has 0 aromatic heterocycles. The average molecular weight is 307 g/mol. The van der Waals surface area contributed by atoms with E-state index in [0.717, 1.165) is 24.5 Å². The molecule has 1 aromatic carbocycles. The van der Waals surface area contributed by atoms with Crippen molar-refractivity contribution in [3.63, 3.8) is 0 Å². The number of hydrogen-bond donors (Lipinski definition) is 1. The topological polar surface area (TPSA) is 41.9 Å². The van der Waals surface area contributed by atoms with E-state index in [4.69, 9.17) is 9.47 Å². The third kappa shape index (κ3) is 3.08. The van der Waals surface area contributed by atoms with Gasteiger partial charge in [0.1, 0.15) is 5.72 Å². The van der Waals surface area contributed by atoms with E-state index in [0.29, 0.717) is 0 Å². The summed E-state index contributed by atoms with van der Waals surface area (Å²) in [6.45, 7) is 3.31. The van der Waals surface area contributed by atoms with E-state index in [1.165, 1.54) is 25.7 Å². The lowest BCUT2D eigenvalue weighted by atomic mass is 9.69. The predicted octanol–water partition coefficient (Wildman–Crippen LogP) is 3.29. The van der Waals surface area contributed by atoms with Crippen molar-refractivity contribution in [3.8, 4) is 11.5 Å². The Morgan fingerprint density at radius 3 is 2.05 bits per heavy atom. The maximum atomic E-state index is 10.5. The summed E-state index contributed by atoms with van der Waals surface area (Å²) in [5, 5.41) is 10.5. The highest BCUT2D eigenvalue weighted by Crippen LogP contribution is 2.52. The number of hydrogen-bond acceptors (Lipinski definition) is 4. The Kier molecular flexibility index (Phi) is 5.35. The number of likely N-dealkylation sites (tertiary alicyclic amines) is 1. The Hall–Kier alpha value is -1.26. The molecule has 3 rings (SSSR count). The highest BCUT2D eigenvalue weighted by Gasteiger charge is 2.54. The zero-order valence-corrected chi connectivity index (χ0v) is 14.3. The van der Waals surface area contributed by atoms with Crippen LogP contribution < -0.4 is 9.47 Å². The van der Waals surface area contributed by atoms with Gasteiger partial charge in [-0.3, -0.25) is 4.90 Å². The summed E-state index contributed by atoms with van der Waals surface area (Å²) in [4.78, 5) is 2.14. The van der Waals surface area contributed by atoms with Crippen LogP contribution in [0.2, 0.25) is 0 Å². The van der Waals surface area contributed by atoms with Gasteiger partial charge in [-0.15, -0.1) is 0 Å². The Bertz CT molecular complexity index is 466. The molecule has 0 spiro atoms. The van der Waals surface area contributed by atoms with E-state index in [2.05, 4.69) is 18.9 Å². The van der Waals surface area contributed by atoms with Crippen LogP contribution in [-0.4, -0.2) is 43.5 Å². The lowest BCUT2D eigenvalue weighted by molar-refractivity contribution is -0.161. The molecule has 124 valence electrons. The second-order valence-corrected chi connectivity index (χ2v) is 6.61. The molecule has 1 aromatic rings. The van der Waals surface area contributed by atoms with Gasteiger partial charge in [0.2, 0.25) is 0 Å². The van der Waals surface area contributed by atoms with Crippen LogP contribution in [0.4, 0.5) is 0 Å². The van der Waals surface area contributed by atoms with Crippen LogP contribution in [0.5, 0.6) is 11.5 Å². The molecular formula is C18H29NO3. The van der Waals surface area contributed by atoms with Gasteiger partial charge in [-0.1, -0.05) is 25.5 Å². The minimum absolute atomic E-state index is 0.181. The van der Waals surface area contributed by atoms with Gasteiger partial charge >= 0.3 is 0 Å². The molecule has 0 bridgehead atoms. The Morgan fingerprint density at radius 2 is 1.55 bits per heavy atom. The van der Waals surface area contributed by atoms with Crippen molar-refractivity contribution < 1.29 is 14.6 Å². The van der Waals surface area contributed by atoms with Crippen molar-refractivity contribution in [2.45, 2.75) is 44.8 Å². The van der Waals surface area contributed by atoms with Crippen LogP contribution in [0, 0.1) is 5.41 Å². The van der Waals surface area contributed by atoms with Gasteiger partial charge in [0.05, 0.1) is 14.2 Å². The summed E-state index contributed by atoms with van der Waals surface area (Å²) in [5.41, 5.74) is -0.300. The van der Waals surface area contributed by atoms with Crippen LogP contribution in [0.25, 0.3) is 0 Å². The van der Waals surface area contributed by atoms with Gasteiger partial charge in [0, 0.05) is 12.0 Å². The van der Waals surface area contributed by atoms with Crippen LogP contribution in [0.15, 0.2) is 24.3 Å². The third-order valence-corrected chi connectivity index (χ3v) is 5.39. The zero-order valence-electron chi connectivity index (χ0n) is 14.3. The van der Waals surface area contributed by atoms with Crippen LogP contribution >= 0.6 is 0 Å². The van der Waals surface area contributed by atoms with Crippen molar-refractivity contribution in [2.75, 3.05) is 27.8 Å². The zero-order chi connectivity index (χ0) is 16.2. The molecule has 0 unspecified atom stereocenters. The van der Waals surface area contributed by atoms with Gasteiger partial charge in [-0.25, -0.2) is 0 Å². The van der Waals surface area contributed by atoms with E-state index in [-0.39, 0.29) is 5.41 Å². The molecule has 22 heavy (non-hydrogen) atoms. The molecule has 1 heterocycles. The maximum Gasteiger partial charge on any atom is 0.160 e. The fraction of sp³-hybridized carbons (Fsp3) is 0.667. The fourth-order valence-corrected chi connectivity index (χ4v) is 3.75. The molecule has 1 aliphatic heterocycles. The normalized spacial score (nSPS) is 31.0. The first-order chi connectivity index (χ1) is 10.5. The van der Waals surface area contributed by atoms with Crippen LogP contribution in [0.1, 0.15) is 39.0 Å². The van der Waals surface area contributed by atoms with Crippen molar-refractivity contribution in [1.29, 1.82) is 0 Å². The molecular weight excluding hydrogens is 278 g/mol. The number of aliphatic hydroxyl groups is 1. The largest absolute Gasteiger partial charge is 0.493 e. The summed E-state index contributed by atoms with van der Waals surface area (Å²) >= 11 is 0. The van der Waals surface area contributed by atoms with Gasteiger partial charge in [-0.2, -0.15) is 0 Å². The van der Waals surface area contributed by atoms with Crippen molar-refractivity contribution in [1.82, 2.24) is 4.90 Å². The summed E-state index contributed by atoms with van der Waals surface area (Å²) in [5.74, 6) is 1.54. The predicted molar refractivity (Wildman–Crippen MR) is 88.3 cm³/mol. The van der Waals surface area contributed by atoms with Crippen molar-refractivity contribution >= 4 is 0 Å². The number of nitrogens with zero attached hydrogens (tertiary/aromatic N) is 1. The molecule has 1 N–H and O–H groups in total. The summed E-state index contributed by atoms with van der Waals surface area (Å²) in [6.07, 6.45) is 5.83. The molecule has 0 amide bonds. The first-order valence-corrected chi connectivity index (χ1v) is 8.07. The van der Waals surface area contributed by atoms with Crippen LogP contribution in [-0.2, 0) is 0 Å². The molecule has 0 radical (unpaired) electrons. The Labute approximate surface area is 134 Å². The summed E-state index contributed by atoms with van der Waals surface area (Å²) in [7, 11) is 5.30. The maximum absolute atomic E-state index is 10.5. The molecule has 1 saturated carbocycles. The molecule has 2 fully saturated rings. The highest BCUT2D eigenvalue weighted by molar-refractivity contribution is 5.39. The molecule has 2 atom stereocenters. The van der Waals surface area contributed by atoms with Gasteiger partial charge in [0.25, 0.3) is 0 Å². The Balaban J connectivity index is 0.000000164. The van der Waals surface area contributed by atoms with E-state index in [1.807, 2.05) is 24.3 Å². The smallest absolute Gasteiger partial charge is 0.160 e. The minimum Gasteiger partial charge on any atom is -0.493 e. The van der Waals surface area contributed by atoms with E-state index in [9.17, 15) is 5.11 Å². The number of rotatable bonds is 2. The summed E-state index contributed by atoms with van der Waals surface area (Å²) < 4.78 is 10.0. The lowest BCUT2D eigenvalue weighted by Crippen LogP contribution is -2.52. The number of methoxy groups -OCH3 is 2.